The smallest absolute Gasteiger partial charge is 0.213 e. The summed E-state index contributed by atoms with van der Waals surface area (Å²) in [4.78, 5) is 11.0. The van der Waals surface area contributed by atoms with Gasteiger partial charge < -0.3 is 15.4 Å². The van der Waals surface area contributed by atoms with E-state index in [0.29, 0.717) is 25.0 Å². The van der Waals surface area contributed by atoms with Crippen molar-refractivity contribution in [2.45, 2.75) is 38.8 Å². The number of hydrogen-bond donors (Lipinski definition) is 1. The SMILES string of the molecule is I.NC(=NCc1ccnc(OCc2ccccc2)c1)N1CCCCCC1. The van der Waals surface area contributed by atoms with Gasteiger partial charge in [0.2, 0.25) is 5.88 Å². The number of aliphatic imine (C=N–C) groups is 1. The van der Waals surface area contributed by atoms with E-state index in [1.807, 2.05) is 42.5 Å². The molecule has 1 aromatic carbocycles. The molecule has 1 saturated heterocycles. The van der Waals surface area contributed by atoms with Crippen molar-refractivity contribution in [1.29, 1.82) is 0 Å². The minimum absolute atomic E-state index is 0. The van der Waals surface area contributed by atoms with Crippen LogP contribution in [0.2, 0.25) is 0 Å². The molecule has 2 N–H and O–H groups in total. The predicted molar refractivity (Wildman–Crippen MR) is 116 cm³/mol. The van der Waals surface area contributed by atoms with E-state index in [1.165, 1.54) is 25.7 Å². The zero-order valence-corrected chi connectivity index (χ0v) is 17.3. The Bertz CT molecular complexity index is 685. The zero-order valence-electron chi connectivity index (χ0n) is 15.0. The summed E-state index contributed by atoms with van der Waals surface area (Å²) in [7, 11) is 0. The number of pyridine rings is 1. The Morgan fingerprint density at radius 1 is 1.04 bits per heavy atom. The summed E-state index contributed by atoms with van der Waals surface area (Å²) in [5, 5.41) is 0. The second-order valence-electron chi connectivity index (χ2n) is 6.35. The summed E-state index contributed by atoms with van der Waals surface area (Å²) < 4.78 is 5.77. The molecule has 0 bridgehead atoms. The summed E-state index contributed by atoms with van der Waals surface area (Å²) in [6.07, 6.45) is 6.73. The van der Waals surface area contributed by atoms with Gasteiger partial charge in [-0.25, -0.2) is 9.98 Å². The molecule has 140 valence electrons. The molecular formula is C20H27IN4O. The highest BCUT2D eigenvalue weighted by atomic mass is 127. The first kappa shape index (κ1) is 20.5. The summed E-state index contributed by atoms with van der Waals surface area (Å²) in [5.74, 6) is 1.26. The maximum atomic E-state index is 6.17. The molecule has 0 atom stereocenters. The molecule has 0 spiro atoms. The summed E-state index contributed by atoms with van der Waals surface area (Å²) in [6, 6.07) is 14.0. The molecule has 0 aliphatic carbocycles. The third-order valence-corrected chi connectivity index (χ3v) is 4.38. The number of aromatic nitrogens is 1. The fourth-order valence-corrected chi connectivity index (χ4v) is 2.93. The van der Waals surface area contributed by atoms with Gasteiger partial charge in [0.25, 0.3) is 0 Å². The van der Waals surface area contributed by atoms with E-state index in [-0.39, 0.29) is 24.0 Å². The van der Waals surface area contributed by atoms with Crippen LogP contribution < -0.4 is 10.5 Å². The van der Waals surface area contributed by atoms with Crippen LogP contribution in [-0.4, -0.2) is 28.9 Å². The van der Waals surface area contributed by atoms with Gasteiger partial charge in [-0.05, 0) is 30.0 Å². The molecule has 0 saturated carbocycles. The molecule has 2 heterocycles. The topological polar surface area (TPSA) is 63.7 Å². The van der Waals surface area contributed by atoms with Crippen molar-refractivity contribution >= 4 is 29.9 Å². The van der Waals surface area contributed by atoms with Crippen molar-refractivity contribution in [1.82, 2.24) is 9.88 Å². The van der Waals surface area contributed by atoms with Crippen molar-refractivity contribution in [2.24, 2.45) is 10.7 Å². The van der Waals surface area contributed by atoms with Crippen molar-refractivity contribution in [2.75, 3.05) is 13.1 Å². The first-order valence-corrected chi connectivity index (χ1v) is 8.98. The second-order valence-corrected chi connectivity index (χ2v) is 6.35. The average molecular weight is 466 g/mol. The number of likely N-dealkylation sites (tertiary alicyclic amines) is 1. The zero-order chi connectivity index (χ0) is 17.3. The minimum atomic E-state index is 0. The summed E-state index contributed by atoms with van der Waals surface area (Å²) in [5.41, 5.74) is 8.34. The van der Waals surface area contributed by atoms with Crippen LogP contribution in [0.15, 0.2) is 53.7 Å². The molecule has 1 aliphatic rings. The normalized spacial score (nSPS) is 15.1. The first-order valence-electron chi connectivity index (χ1n) is 8.98. The molecule has 26 heavy (non-hydrogen) atoms. The minimum Gasteiger partial charge on any atom is -0.473 e. The van der Waals surface area contributed by atoms with E-state index in [0.717, 1.165) is 24.2 Å². The fourth-order valence-electron chi connectivity index (χ4n) is 2.93. The van der Waals surface area contributed by atoms with Crippen LogP contribution in [0.1, 0.15) is 36.8 Å². The predicted octanol–water partition coefficient (Wildman–Crippen LogP) is 3.97. The number of rotatable bonds is 5. The summed E-state index contributed by atoms with van der Waals surface area (Å²) >= 11 is 0. The molecule has 3 rings (SSSR count). The van der Waals surface area contributed by atoms with Crippen LogP contribution in [0.3, 0.4) is 0 Å². The van der Waals surface area contributed by atoms with Crippen LogP contribution in [0.5, 0.6) is 5.88 Å². The van der Waals surface area contributed by atoms with Crippen LogP contribution >= 0.6 is 24.0 Å². The van der Waals surface area contributed by atoms with Gasteiger partial charge in [0.1, 0.15) is 6.61 Å². The van der Waals surface area contributed by atoms with Crippen molar-refractivity contribution in [3.63, 3.8) is 0 Å². The number of benzene rings is 1. The lowest BCUT2D eigenvalue weighted by Crippen LogP contribution is -2.38. The van der Waals surface area contributed by atoms with Crippen molar-refractivity contribution in [3.05, 3.63) is 59.8 Å². The Labute approximate surface area is 172 Å². The number of nitrogens with two attached hydrogens (primary N) is 1. The Balaban J connectivity index is 0.00000243. The number of guanidine groups is 1. The summed E-state index contributed by atoms with van der Waals surface area (Å²) in [6.45, 7) is 3.08. The molecule has 0 radical (unpaired) electrons. The van der Waals surface area contributed by atoms with E-state index in [4.69, 9.17) is 10.5 Å². The molecule has 1 fully saturated rings. The van der Waals surface area contributed by atoms with E-state index in [9.17, 15) is 0 Å². The molecule has 2 aromatic rings. The largest absolute Gasteiger partial charge is 0.473 e. The Morgan fingerprint density at radius 3 is 2.50 bits per heavy atom. The number of halogens is 1. The van der Waals surface area contributed by atoms with Gasteiger partial charge in [-0.2, -0.15) is 0 Å². The Hall–Kier alpha value is -1.83. The van der Waals surface area contributed by atoms with Gasteiger partial charge in [-0.15, -0.1) is 24.0 Å². The van der Waals surface area contributed by atoms with Crippen LogP contribution in [0.4, 0.5) is 0 Å². The number of nitrogens with zero attached hydrogens (tertiary/aromatic N) is 3. The number of ether oxygens (including phenoxy) is 1. The monoisotopic (exact) mass is 466 g/mol. The molecule has 5 nitrogen and oxygen atoms in total. The van der Waals surface area contributed by atoms with Crippen molar-refractivity contribution in [3.8, 4) is 5.88 Å². The lowest BCUT2D eigenvalue weighted by molar-refractivity contribution is 0.293. The van der Waals surface area contributed by atoms with Crippen LogP contribution in [0.25, 0.3) is 0 Å². The first-order chi connectivity index (χ1) is 12.3. The molecule has 6 heteroatoms. The Morgan fingerprint density at radius 2 is 1.77 bits per heavy atom. The highest BCUT2D eigenvalue weighted by molar-refractivity contribution is 14.0. The highest BCUT2D eigenvalue weighted by Gasteiger charge is 2.10. The molecule has 0 amide bonds. The van der Waals surface area contributed by atoms with E-state index in [1.54, 1.807) is 6.20 Å². The molecule has 0 unspecified atom stereocenters. The van der Waals surface area contributed by atoms with Gasteiger partial charge in [-0.3, -0.25) is 0 Å². The van der Waals surface area contributed by atoms with E-state index in [2.05, 4.69) is 14.9 Å². The molecular weight excluding hydrogens is 439 g/mol. The van der Waals surface area contributed by atoms with Crippen molar-refractivity contribution < 1.29 is 4.74 Å². The molecule has 1 aromatic heterocycles. The van der Waals surface area contributed by atoms with E-state index < -0.39 is 0 Å². The lowest BCUT2D eigenvalue weighted by Gasteiger charge is -2.21. The third kappa shape index (κ3) is 6.48. The van der Waals surface area contributed by atoms with Gasteiger partial charge >= 0.3 is 0 Å². The standard InChI is InChI=1S/C20H26N4O.HI/c21-20(24-12-6-1-2-7-13-24)23-15-18-10-11-22-19(14-18)25-16-17-8-4-3-5-9-17;/h3-5,8-11,14H,1-2,6-7,12-13,15-16H2,(H2,21,23);1H. The van der Waals surface area contributed by atoms with Gasteiger partial charge in [0.05, 0.1) is 6.54 Å². The highest BCUT2D eigenvalue weighted by Crippen LogP contribution is 2.13. The maximum Gasteiger partial charge on any atom is 0.213 e. The maximum absolute atomic E-state index is 6.17. The van der Waals surface area contributed by atoms with Gasteiger partial charge in [0.15, 0.2) is 5.96 Å². The Kier molecular flexibility index (Phi) is 8.67. The van der Waals surface area contributed by atoms with Gasteiger partial charge in [-0.1, -0.05) is 43.2 Å². The molecule has 1 aliphatic heterocycles. The average Bonchev–Trinajstić information content (AvgIpc) is 2.95. The lowest BCUT2D eigenvalue weighted by atomic mass is 10.2. The van der Waals surface area contributed by atoms with E-state index >= 15 is 0 Å². The van der Waals surface area contributed by atoms with Crippen LogP contribution in [0, 0.1) is 0 Å². The van der Waals surface area contributed by atoms with Gasteiger partial charge in [0, 0.05) is 25.4 Å². The fraction of sp³-hybridized carbons (Fsp3) is 0.400. The number of hydrogen-bond acceptors (Lipinski definition) is 3. The second kappa shape index (κ2) is 11.0. The quantitative estimate of drug-likeness (QED) is 0.412. The van der Waals surface area contributed by atoms with Crippen LogP contribution in [-0.2, 0) is 13.2 Å². The third-order valence-electron chi connectivity index (χ3n) is 4.38.